The predicted molar refractivity (Wildman–Crippen MR) is 85.0 cm³/mol. The Morgan fingerprint density at radius 1 is 1.27 bits per heavy atom. The maximum atomic E-state index is 12.1. The molecule has 0 aromatic heterocycles. The van der Waals surface area contributed by atoms with Crippen molar-refractivity contribution in [3.05, 3.63) is 29.3 Å². The van der Waals surface area contributed by atoms with Crippen LogP contribution in [0.1, 0.15) is 26.2 Å². The lowest BCUT2D eigenvalue weighted by Crippen LogP contribution is -2.47. The van der Waals surface area contributed by atoms with Gasteiger partial charge >= 0.3 is 0 Å². The highest BCUT2D eigenvalue weighted by Gasteiger charge is 2.23. The second kappa shape index (κ2) is 8.03. The minimum absolute atomic E-state index is 0.0214. The Hall–Kier alpha value is -1.75. The SMILES string of the molecule is CCC(=O)NC1CCN(C(=O)COc2ccc(Cl)cc2)CC1. The predicted octanol–water partition coefficient (Wildman–Crippen LogP) is 2.24. The average Bonchev–Trinajstić information content (AvgIpc) is 2.54. The van der Waals surface area contributed by atoms with Crippen molar-refractivity contribution in [2.45, 2.75) is 32.2 Å². The van der Waals surface area contributed by atoms with E-state index in [4.69, 9.17) is 16.3 Å². The molecule has 1 fully saturated rings. The summed E-state index contributed by atoms with van der Waals surface area (Å²) >= 11 is 5.80. The first-order valence-corrected chi connectivity index (χ1v) is 7.91. The van der Waals surface area contributed by atoms with Gasteiger partial charge in [-0.15, -0.1) is 0 Å². The molecule has 0 bridgehead atoms. The fourth-order valence-electron chi connectivity index (χ4n) is 2.37. The summed E-state index contributed by atoms with van der Waals surface area (Å²) in [4.78, 5) is 25.3. The van der Waals surface area contributed by atoms with E-state index in [2.05, 4.69) is 5.32 Å². The first-order chi connectivity index (χ1) is 10.6. The number of benzene rings is 1. The molecule has 2 amide bonds. The number of amides is 2. The van der Waals surface area contributed by atoms with Crippen LogP contribution in [0.2, 0.25) is 5.02 Å². The van der Waals surface area contributed by atoms with E-state index >= 15 is 0 Å². The van der Waals surface area contributed by atoms with E-state index in [9.17, 15) is 9.59 Å². The summed E-state index contributed by atoms with van der Waals surface area (Å²) in [6, 6.07) is 7.10. The minimum Gasteiger partial charge on any atom is -0.484 e. The van der Waals surface area contributed by atoms with Gasteiger partial charge < -0.3 is 15.0 Å². The topological polar surface area (TPSA) is 58.6 Å². The molecule has 6 heteroatoms. The summed E-state index contributed by atoms with van der Waals surface area (Å²) in [5.41, 5.74) is 0. The summed E-state index contributed by atoms with van der Waals surface area (Å²) in [6.07, 6.45) is 2.07. The monoisotopic (exact) mass is 324 g/mol. The minimum atomic E-state index is -0.0322. The number of carbonyl (C=O) groups is 2. The molecular weight excluding hydrogens is 304 g/mol. The summed E-state index contributed by atoms with van der Waals surface area (Å²) < 4.78 is 5.47. The highest BCUT2D eigenvalue weighted by atomic mass is 35.5. The van der Waals surface area contributed by atoms with Crippen molar-refractivity contribution in [1.29, 1.82) is 0 Å². The normalized spacial score (nSPS) is 15.5. The first kappa shape index (κ1) is 16.6. The average molecular weight is 325 g/mol. The lowest BCUT2D eigenvalue weighted by molar-refractivity contribution is -0.134. The van der Waals surface area contributed by atoms with Crippen molar-refractivity contribution < 1.29 is 14.3 Å². The van der Waals surface area contributed by atoms with Crippen LogP contribution in [0, 0.1) is 0 Å². The number of nitrogens with one attached hydrogen (secondary N) is 1. The van der Waals surface area contributed by atoms with E-state index in [1.165, 1.54) is 0 Å². The first-order valence-electron chi connectivity index (χ1n) is 7.54. The highest BCUT2D eigenvalue weighted by Crippen LogP contribution is 2.16. The van der Waals surface area contributed by atoms with Gasteiger partial charge in [-0.1, -0.05) is 18.5 Å². The third-order valence-corrected chi connectivity index (χ3v) is 3.96. The van der Waals surface area contributed by atoms with E-state index < -0.39 is 0 Å². The number of carbonyl (C=O) groups excluding carboxylic acids is 2. The molecule has 5 nitrogen and oxygen atoms in total. The lowest BCUT2D eigenvalue weighted by atomic mass is 10.0. The zero-order chi connectivity index (χ0) is 15.9. The van der Waals surface area contributed by atoms with Crippen molar-refractivity contribution in [2.24, 2.45) is 0 Å². The maximum absolute atomic E-state index is 12.1. The third-order valence-electron chi connectivity index (χ3n) is 3.71. The Labute approximate surface area is 135 Å². The molecule has 1 N–H and O–H groups in total. The Balaban J connectivity index is 1.73. The smallest absolute Gasteiger partial charge is 0.260 e. The Morgan fingerprint density at radius 3 is 2.50 bits per heavy atom. The second-order valence-electron chi connectivity index (χ2n) is 5.32. The largest absolute Gasteiger partial charge is 0.484 e. The number of rotatable bonds is 5. The van der Waals surface area contributed by atoms with Crippen LogP contribution in [0.5, 0.6) is 5.75 Å². The van der Waals surface area contributed by atoms with Crippen molar-refractivity contribution >= 4 is 23.4 Å². The van der Waals surface area contributed by atoms with E-state index in [0.29, 0.717) is 30.3 Å². The molecule has 1 aliphatic heterocycles. The van der Waals surface area contributed by atoms with Crippen molar-refractivity contribution in [3.63, 3.8) is 0 Å². The molecule has 0 radical (unpaired) electrons. The zero-order valence-electron chi connectivity index (χ0n) is 12.7. The van der Waals surface area contributed by atoms with Crippen LogP contribution in [-0.2, 0) is 9.59 Å². The molecule has 1 aromatic carbocycles. The number of hydrogen-bond donors (Lipinski definition) is 1. The molecular formula is C16H21ClN2O3. The molecule has 0 atom stereocenters. The van der Waals surface area contributed by atoms with E-state index in [-0.39, 0.29) is 24.5 Å². The van der Waals surface area contributed by atoms with Crippen LogP contribution in [0.25, 0.3) is 0 Å². The number of hydrogen-bond acceptors (Lipinski definition) is 3. The standard InChI is InChI=1S/C16H21ClN2O3/c1-2-15(20)18-13-7-9-19(10-8-13)16(21)11-22-14-5-3-12(17)4-6-14/h3-6,13H,2,7-11H2,1H3,(H,18,20). The van der Waals surface area contributed by atoms with E-state index in [0.717, 1.165) is 12.8 Å². The highest BCUT2D eigenvalue weighted by molar-refractivity contribution is 6.30. The fourth-order valence-corrected chi connectivity index (χ4v) is 2.50. The zero-order valence-corrected chi connectivity index (χ0v) is 13.4. The molecule has 1 aliphatic rings. The summed E-state index contributed by atoms with van der Waals surface area (Å²) in [5.74, 6) is 0.661. The number of likely N-dealkylation sites (tertiary alicyclic amines) is 1. The van der Waals surface area contributed by atoms with Crippen LogP contribution in [0.3, 0.4) is 0 Å². The third kappa shape index (κ3) is 4.91. The lowest BCUT2D eigenvalue weighted by Gasteiger charge is -2.32. The summed E-state index contributed by atoms with van der Waals surface area (Å²) in [5, 5.41) is 3.60. The van der Waals surface area contributed by atoms with Gasteiger partial charge in [0.05, 0.1) is 0 Å². The Morgan fingerprint density at radius 2 is 1.91 bits per heavy atom. The van der Waals surface area contributed by atoms with Crippen molar-refractivity contribution in [3.8, 4) is 5.75 Å². The quantitative estimate of drug-likeness (QED) is 0.903. The van der Waals surface area contributed by atoms with Gasteiger partial charge in [0.15, 0.2) is 6.61 Å². The van der Waals surface area contributed by atoms with Crippen LogP contribution >= 0.6 is 11.6 Å². The second-order valence-corrected chi connectivity index (χ2v) is 5.76. The van der Waals surface area contributed by atoms with Gasteiger partial charge in [-0.05, 0) is 37.1 Å². The van der Waals surface area contributed by atoms with E-state index in [1.807, 2.05) is 6.92 Å². The maximum Gasteiger partial charge on any atom is 0.260 e. The number of piperidine rings is 1. The van der Waals surface area contributed by atoms with Crippen LogP contribution in [0.4, 0.5) is 0 Å². The molecule has 0 aliphatic carbocycles. The molecule has 22 heavy (non-hydrogen) atoms. The molecule has 0 saturated carbocycles. The van der Waals surface area contributed by atoms with Gasteiger partial charge in [-0.3, -0.25) is 9.59 Å². The van der Waals surface area contributed by atoms with Gasteiger partial charge in [-0.2, -0.15) is 0 Å². The molecule has 0 unspecified atom stereocenters. The molecule has 1 saturated heterocycles. The van der Waals surface area contributed by atoms with Gasteiger partial charge in [0.25, 0.3) is 5.91 Å². The van der Waals surface area contributed by atoms with Crippen LogP contribution < -0.4 is 10.1 Å². The van der Waals surface area contributed by atoms with Crippen molar-refractivity contribution in [1.82, 2.24) is 10.2 Å². The fraction of sp³-hybridized carbons (Fsp3) is 0.500. The van der Waals surface area contributed by atoms with Gasteiger partial charge in [0.1, 0.15) is 5.75 Å². The Kier molecular flexibility index (Phi) is 6.07. The van der Waals surface area contributed by atoms with Crippen molar-refractivity contribution in [2.75, 3.05) is 19.7 Å². The van der Waals surface area contributed by atoms with Gasteiger partial charge in [0.2, 0.25) is 5.91 Å². The van der Waals surface area contributed by atoms with E-state index in [1.54, 1.807) is 29.2 Å². The molecule has 1 heterocycles. The summed E-state index contributed by atoms with van der Waals surface area (Å²) in [6.45, 7) is 3.16. The summed E-state index contributed by atoms with van der Waals surface area (Å²) in [7, 11) is 0. The van der Waals surface area contributed by atoms with Gasteiger partial charge in [-0.25, -0.2) is 0 Å². The molecule has 120 valence electrons. The van der Waals surface area contributed by atoms with Gasteiger partial charge in [0, 0.05) is 30.6 Å². The van der Waals surface area contributed by atoms with Crippen LogP contribution in [-0.4, -0.2) is 42.5 Å². The molecule has 2 rings (SSSR count). The number of ether oxygens (including phenoxy) is 1. The number of halogens is 1. The Bertz CT molecular complexity index is 511. The molecule has 0 spiro atoms. The number of nitrogens with zero attached hydrogens (tertiary/aromatic N) is 1. The van der Waals surface area contributed by atoms with Crippen LogP contribution in [0.15, 0.2) is 24.3 Å². The molecule has 1 aromatic rings.